The minimum absolute atomic E-state index is 0.0337. The number of sulfone groups is 1. The molecule has 1 atom stereocenters. The first-order valence-corrected chi connectivity index (χ1v) is 16.2. The number of nitrogens with zero attached hydrogens (tertiary/aromatic N) is 4. The van der Waals surface area contributed by atoms with Crippen molar-refractivity contribution in [2.75, 3.05) is 18.4 Å². The van der Waals surface area contributed by atoms with Crippen LogP contribution >= 0.6 is 0 Å². The predicted octanol–water partition coefficient (Wildman–Crippen LogP) is 6.66. The number of carbonyl (C=O) groups is 1. The number of hydrogen-bond acceptors (Lipinski definition) is 9. The van der Waals surface area contributed by atoms with Gasteiger partial charge in [0.1, 0.15) is 11.4 Å². The average molecular weight is 616 g/mol. The van der Waals surface area contributed by atoms with Crippen molar-refractivity contribution in [3.8, 4) is 22.9 Å². The number of carbonyl (C=O) groups excluding carboxylic acids is 1. The molecule has 0 bridgehead atoms. The maximum absolute atomic E-state index is 12.6. The maximum atomic E-state index is 12.6. The fraction of sp³-hybridized carbons (Fsp3) is 0.333. The summed E-state index contributed by atoms with van der Waals surface area (Å²) in [7, 11) is -3.45. The topological polar surface area (TPSA) is 124 Å². The number of aromatic nitrogens is 3. The smallest absolute Gasteiger partial charge is 0.410 e. The van der Waals surface area contributed by atoms with Gasteiger partial charge >= 0.3 is 6.09 Å². The van der Waals surface area contributed by atoms with E-state index in [2.05, 4.69) is 21.9 Å². The van der Waals surface area contributed by atoms with Crippen LogP contribution in [-0.4, -0.2) is 59.1 Å². The quantitative estimate of drug-likeness (QED) is 0.232. The highest BCUT2D eigenvalue weighted by molar-refractivity contribution is 7.93. The Morgan fingerprint density at radius 2 is 1.91 bits per heavy atom. The largest absolute Gasteiger partial charge is 0.444 e. The lowest BCUT2D eigenvalue weighted by atomic mass is 10.0. The lowest BCUT2D eigenvalue weighted by Crippen LogP contribution is -2.47. The van der Waals surface area contributed by atoms with Crippen molar-refractivity contribution in [1.29, 1.82) is 0 Å². The molecule has 0 unspecified atom stereocenters. The molecule has 2 aromatic heterocycles. The summed E-state index contributed by atoms with van der Waals surface area (Å²) in [5.74, 6) is 1.21. The Kier molecular flexibility index (Phi) is 8.87. The second-order valence-electron chi connectivity index (χ2n) is 11.8. The highest BCUT2D eigenvalue weighted by Crippen LogP contribution is 2.38. The van der Waals surface area contributed by atoms with Crippen molar-refractivity contribution in [3.63, 3.8) is 0 Å². The number of hydrogen-bond donors (Lipinski definition) is 1. The van der Waals surface area contributed by atoms with Crippen LogP contribution in [0.2, 0.25) is 0 Å². The first-order chi connectivity index (χ1) is 20.9. The molecule has 1 aliphatic rings. The monoisotopic (exact) mass is 615 g/mol. The predicted molar refractivity (Wildman–Crippen MR) is 171 cm³/mol. The minimum atomic E-state index is -3.45. The van der Waals surface area contributed by atoms with Crippen molar-refractivity contribution >= 4 is 32.7 Å². The van der Waals surface area contributed by atoms with Crippen LogP contribution in [0.5, 0.6) is 11.6 Å². The van der Waals surface area contributed by atoms with Gasteiger partial charge in [0.2, 0.25) is 11.8 Å². The molecule has 1 aliphatic heterocycles. The summed E-state index contributed by atoms with van der Waals surface area (Å²) >= 11 is 0. The number of likely N-dealkylation sites (tertiary alicyclic amines) is 1. The first kappa shape index (κ1) is 30.9. The van der Waals surface area contributed by atoms with E-state index in [1.807, 2.05) is 64.1 Å². The summed E-state index contributed by atoms with van der Waals surface area (Å²) in [6.45, 7) is 12.1. The van der Waals surface area contributed by atoms with E-state index in [-0.39, 0.29) is 17.9 Å². The Labute approximate surface area is 258 Å². The molecular formula is C33H37N5O5S. The summed E-state index contributed by atoms with van der Waals surface area (Å²) in [5.41, 5.74) is 2.25. The Balaban J connectivity index is 1.40. The average Bonchev–Trinajstić information content (AvgIpc) is 2.98. The van der Waals surface area contributed by atoms with Crippen molar-refractivity contribution in [2.24, 2.45) is 0 Å². The summed E-state index contributed by atoms with van der Waals surface area (Å²) in [6.07, 6.45) is 4.70. The summed E-state index contributed by atoms with van der Waals surface area (Å²) in [4.78, 5) is 28.1. The van der Waals surface area contributed by atoms with E-state index < -0.39 is 15.4 Å². The van der Waals surface area contributed by atoms with Gasteiger partial charge in [0.05, 0.1) is 17.0 Å². The van der Waals surface area contributed by atoms with Crippen molar-refractivity contribution in [2.45, 2.75) is 57.9 Å². The Morgan fingerprint density at radius 3 is 2.68 bits per heavy atom. The lowest BCUT2D eigenvalue weighted by Gasteiger charge is -2.34. The molecule has 1 N–H and O–H groups in total. The molecule has 4 aromatic rings. The number of aryl methyl sites for hydroxylation is 1. The minimum Gasteiger partial charge on any atom is -0.444 e. The van der Waals surface area contributed by atoms with Gasteiger partial charge < -0.3 is 19.7 Å². The van der Waals surface area contributed by atoms with Crippen molar-refractivity contribution in [3.05, 3.63) is 84.0 Å². The van der Waals surface area contributed by atoms with E-state index in [4.69, 9.17) is 14.5 Å². The van der Waals surface area contributed by atoms with Crippen molar-refractivity contribution in [1.82, 2.24) is 19.9 Å². The fourth-order valence-corrected chi connectivity index (χ4v) is 5.96. The molecule has 1 saturated heterocycles. The number of benzene rings is 2. The van der Waals surface area contributed by atoms with Crippen LogP contribution in [0.25, 0.3) is 22.0 Å². The van der Waals surface area contributed by atoms with Crippen LogP contribution in [0.1, 0.15) is 44.7 Å². The van der Waals surface area contributed by atoms with Crippen LogP contribution in [-0.2, 0) is 20.3 Å². The molecular weight excluding hydrogens is 578 g/mol. The molecule has 3 heterocycles. The van der Waals surface area contributed by atoms with E-state index in [9.17, 15) is 13.2 Å². The standard InChI is InChI=1S/C33H37N5O5S/c1-6-44(40,41)21-23-10-7-12-26-25(23)15-14-22(2)29(26)42-30-27(13-8-17-34-30)28-16-18-35-31(37-28)36-24-11-9-19-38(20-24)32(39)43-33(3,4)5/h6-8,10,12-18,24H,1,9,11,19-21H2,2-5H3,(H,35,36,37)/t24-/m0/s1. The normalized spacial score (nSPS) is 15.5. The van der Waals surface area contributed by atoms with E-state index in [1.165, 1.54) is 0 Å². The molecule has 1 amide bonds. The van der Waals surface area contributed by atoms with E-state index >= 15 is 0 Å². The van der Waals surface area contributed by atoms with Crippen molar-refractivity contribution < 1.29 is 22.7 Å². The molecule has 44 heavy (non-hydrogen) atoms. The molecule has 1 fully saturated rings. The molecule has 10 nitrogen and oxygen atoms in total. The van der Waals surface area contributed by atoms with Gasteiger partial charge in [-0.3, -0.25) is 0 Å². The van der Waals surface area contributed by atoms with Gasteiger partial charge in [-0.2, -0.15) is 0 Å². The van der Waals surface area contributed by atoms with Gasteiger partial charge in [0, 0.05) is 42.3 Å². The van der Waals surface area contributed by atoms with Gasteiger partial charge in [0.25, 0.3) is 0 Å². The number of ether oxygens (including phenoxy) is 2. The van der Waals surface area contributed by atoms with Gasteiger partial charge in [-0.25, -0.2) is 28.2 Å². The fourth-order valence-electron chi connectivity index (χ4n) is 5.15. The molecule has 0 aliphatic carbocycles. The zero-order chi connectivity index (χ0) is 31.5. The maximum Gasteiger partial charge on any atom is 0.410 e. The SMILES string of the molecule is C=CS(=O)(=O)Cc1cccc2c(Oc3ncccc3-c3ccnc(N[C@H]4CCCN(C(=O)OC(C)(C)C)C4)n3)c(C)ccc12. The molecule has 5 rings (SSSR count). The molecule has 230 valence electrons. The summed E-state index contributed by atoms with van der Waals surface area (Å²) in [5, 5.41) is 5.91. The van der Waals surface area contributed by atoms with Crippen LogP contribution in [0, 0.1) is 6.92 Å². The highest BCUT2D eigenvalue weighted by atomic mass is 32.2. The highest BCUT2D eigenvalue weighted by Gasteiger charge is 2.28. The van der Waals surface area contributed by atoms with Crippen LogP contribution in [0.3, 0.4) is 0 Å². The zero-order valence-corrected chi connectivity index (χ0v) is 26.2. The van der Waals surface area contributed by atoms with Gasteiger partial charge in [-0.15, -0.1) is 0 Å². The number of fused-ring (bicyclic) bond motifs is 1. The molecule has 2 aromatic carbocycles. The number of pyridine rings is 1. The van der Waals surface area contributed by atoms with Gasteiger partial charge in [0.15, 0.2) is 9.84 Å². The van der Waals surface area contributed by atoms with Crippen LogP contribution < -0.4 is 10.1 Å². The Hall–Kier alpha value is -4.51. The van der Waals surface area contributed by atoms with Crippen LogP contribution in [0.15, 0.2) is 72.9 Å². The Morgan fingerprint density at radius 1 is 1.09 bits per heavy atom. The molecule has 0 saturated carbocycles. The van der Waals surface area contributed by atoms with Crippen LogP contribution in [0.4, 0.5) is 10.7 Å². The molecule has 11 heteroatoms. The zero-order valence-electron chi connectivity index (χ0n) is 25.4. The third kappa shape index (κ3) is 7.34. The van der Waals surface area contributed by atoms with E-state index in [1.54, 1.807) is 29.4 Å². The third-order valence-electron chi connectivity index (χ3n) is 7.22. The number of anilines is 1. The Bertz CT molecular complexity index is 1800. The van der Waals surface area contributed by atoms with E-state index in [0.29, 0.717) is 47.5 Å². The second kappa shape index (κ2) is 12.6. The lowest BCUT2D eigenvalue weighted by molar-refractivity contribution is 0.0206. The number of piperidine rings is 1. The summed E-state index contributed by atoms with van der Waals surface area (Å²) in [6, 6.07) is 14.8. The van der Waals surface area contributed by atoms with E-state index in [0.717, 1.165) is 34.6 Å². The molecule has 0 spiro atoms. The number of rotatable bonds is 8. The molecule has 0 radical (unpaired) electrons. The summed E-state index contributed by atoms with van der Waals surface area (Å²) < 4.78 is 36.6. The first-order valence-electron chi connectivity index (χ1n) is 14.5. The van der Waals surface area contributed by atoms with Gasteiger partial charge in [-0.1, -0.05) is 36.9 Å². The number of amides is 1. The third-order valence-corrected chi connectivity index (χ3v) is 8.44. The number of nitrogens with one attached hydrogen (secondary N) is 1. The van der Waals surface area contributed by atoms with Gasteiger partial charge in [-0.05, 0) is 75.2 Å². The second-order valence-corrected chi connectivity index (χ2v) is 13.8.